The number of methoxy groups -OCH3 is 1. The van der Waals surface area contributed by atoms with E-state index in [-0.39, 0.29) is 6.54 Å². The van der Waals surface area contributed by atoms with Gasteiger partial charge >= 0.3 is 0 Å². The number of nitrogens with zero attached hydrogens (tertiary/aromatic N) is 1. The highest BCUT2D eigenvalue weighted by Gasteiger charge is 2.04. The molecule has 1 rings (SSSR count). The van der Waals surface area contributed by atoms with Gasteiger partial charge in [0.15, 0.2) is 0 Å². The van der Waals surface area contributed by atoms with Gasteiger partial charge in [0.2, 0.25) is 5.88 Å². The van der Waals surface area contributed by atoms with Crippen LogP contribution in [-0.2, 0) is 0 Å². The minimum Gasteiger partial charge on any atom is -0.481 e. The maximum Gasteiger partial charge on any atom is 0.212 e. The summed E-state index contributed by atoms with van der Waals surface area (Å²) in [6, 6.07) is 3.43. The maximum absolute atomic E-state index is 9.29. The van der Waals surface area contributed by atoms with Crippen LogP contribution in [0.15, 0.2) is 18.3 Å². The average Bonchev–Trinajstić information content (AvgIpc) is 2.17. The highest BCUT2D eigenvalue weighted by molar-refractivity contribution is 5.19. The van der Waals surface area contributed by atoms with E-state index < -0.39 is 6.10 Å². The summed E-state index contributed by atoms with van der Waals surface area (Å²) in [6.45, 7) is 0.202. The van der Waals surface area contributed by atoms with Gasteiger partial charge in [-0.3, -0.25) is 0 Å². The van der Waals surface area contributed by atoms with Gasteiger partial charge in [-0.25, -0.2) is 4.98 Å². The van der Waals surface area contributed by atoms with Crippen molar-refractivity contribution in [2.45, 2.75) is 6.10 Å². The highest BCUT2D eigenvalue weighted by Crippen LogP contribution is 2.12. The molecule has 0 saturated heterocycles. The first kappa shape index (κ1) is 8.96. The number of aromatic nitrogens is 1. The van der Waals surface area contributed by atoms with Crippen molar-refractivity contribution in [2.24, 2.45) is 5.73 Å². The molecule has 0 aliphatic rings. The highest BCUT2D eigenvalue weighted by atomic mass is 16.5. The van der Waals surface area contributed by atoms with Crippen LogP contribution in [0.1, 0.15) is 11.7 Å². The van der Waals surface area contributed by atoms with E-state index in [9.17, 15) is 5.11 Å². The third kappa shape index (κ3) is 1.93. The van der Waals surface area contributed by atoms with Gasteiger partial charge in [0.05, 0.1) is 13.2 Å². The van der Waals surface area contributed by atoms with Crippen LogP contribution < -0.4 is 10.5 Å². The molecule has 0 aliphatic heterocycles. The van der Waals surface area contributed by atoms with Crippen molar-refractivity contribution >= 4 is 0 Å². The average molecular weight is 168 g/mol. The maximum atomic E-state index is 9.29. The Morgan fingerprint density at radius 1 is 1.67 bits per heavy atom. The summed E-state index contributed by atoms with van der Waals surface area (Å²) in [4.78, 5) is 3.93. The molecule has 12 heavy (non-hydrogen) atoms. The fourth-order valence-corrected chi connectivity index (χ4v) is 0.846. The van der Waals surface area contributed by atoms with E-state index in [0.717, 1.165) is 0 Å². The molecule has 0 amide bonds. The van der Waals surface area contributed by atoms with Crippen molar-refractivity contribution in [1.82, 2.24) is 4.98 Å². The molecule has 4 nitrogen and oxygen atoms in total. The lowest BCUT2D eigenvalue weighted by Gasteiger charge is -2.07. The van der Waals surface area contributed by atoms with E-state index in [0.29, 0.717) is 11.4 Å². The number of pyridine rings is 1. The molecule has 0 bridgehead atoms. The minimum atomic E-state index is -0.636. The van der Waals surface area contributed by atoms with Crippen molar-refractivity contribution in [2.75, 3.05) is 13.7 Å². The summed E-state index contributed by atoms with van der Waals surface area (Å²) in [6.07, 6.45) is 0.916. The SMILES string of the molecule is COc1ccc(C(O)CN)cn1. The molecule has 1 aromatic rings. The molecule has 0 fully saturated rings. The lowest BCUT2D eigenvalue weighted by Crippen LogP contribution is -2.11. The minimum absolute atomic E-state index is 0.202. The lowest BCUT2D eigenvalue weighted by molar-refractivity contribution is 0.186. The molecule has 4 heteroatoms. The van der Waals surface area contributed by atoms with Crippen molar-refractivity contribution in [1.29, 1.82) is 0 Å². The number of rotatable bonds is 3. The number of hydrogen-bond donors (Lipinski definition) is 2. The second-order valence-corrected chi connectivity index (χ2v) is 2.39. The van der Waals surface area contributed by atoms with E-state index in [1.807, 2.05) is 0 Å². The van der Waals surface area contributed by atoms with Crippen LogP contribution in [0.5, 0.6) is 5.88 Å². The zero-order chi connectivity index (χ0) is 8.97. The molecule has 3 N–H and O–H groups in total. The van der Waals surface area contributed by atoms with Gasteiger partial charge in [0.1, 0.15) is 0 Å². The Bertz CT molecular complexity index is 235. The standard InChI is InChI=1S/C8H12N2O2/c1-12-8-3-2-6(5-10-8)7(11)4-9/h2-3,5,7,11H,4,9H2,1H3. The van der Waals surface area contributed by atoms with Crippen LogP contribution in [0.4, 0.5) is 0 Å². The van der Waals surface area contributed by atoms with Crippen LogP contribution in [0.2, 0.25) is 0 Å². The van der Waals surface area contributed by atoms with Crippen LogP contribution in [0.25, 0.3) is 0 Å². The Labute approximate surface area is 71.0 Å². The molecule has 0 aromatic carbocycles. The van der Waals surface area contributed by atoms with Gasteiger partial charge in [-0.1, -0.05) is 0 Å². The first-order valence-electron chi connectivity index (χ1n) is 3.66. The van der Waals surface area contributed by atoms with E-state index in [2.05, 4.69) is 4.98 Å². The third-order valence-corrected chi connectivity index (χ3v) is 1.58. The van der Waals surface area contributed by atoms with Crippen LogP contribution in [0, 0.1) is 0 Å². The van der Waals surface area contributed by atoms with E-state index >= 15 is 0 Å². The third-order valence-electron chi connectivity index (χ3n) is 1.58. The van der Waals surface area contributed by atoms with Crippen molar-refractivity contribution in [3.63, 3.8) is 0 Å². The summed E-state index contributed by atoms with van der Waals surface area (Å²) in [5.41, 5.74) is 5.97. The first-order chi connectivity index (χ1) is 5.77. The van der Waals surface area contributed by atoms with Gasteiger partial charge in [-0.2, -0.15) is 0 Å². The van der Waals surface area contributed by atoms with Crippen LogP contribution in [-0.4, -0.2) is 23.7 Å². The summed E-state index contributed by atoms with van der Waals surface area (Å²) >= 11 is 0. The molecular formula is C8H12N2O2. The predicted octanol–water partition coefficient (Wildman–Crippen LogP) is 0.0823. The summed E-state index contributed by atoms with van der Waals surface area (Å²) in [5, 5.41) is 9.29. The summed E-state index contributed by atoms with van der Waals surface area (Å²) in [7, 11) is 1.54. The van der Waals surface area contributed by atoms with Crippen molar-refractivity contribution in [3.8, 4) is 5.88 Å². The molecule has 0 spiro atoms. The van der Waals surface area contributed by atoms with Gasteiger partial charge in [0.25, 0.3) is 0 Å². The molecule has 1 atom stereocenters. The number of ether oxygens (including phenoxy) is 1. The van der Waals surface area contributed by atoms with E-state index in [1.165, 1.54) is 0 Å². The van der Waals surface area contributed by atoms with E-state index in [4.69, 9.17) is 10.5 Å². The summed E-state index contributed by atoms with van der Waals surface area (Å²) < 4.78 is 4.86. The molecule has 0 radical (unpaired) electrons. The quantitative estimate of drug-likeness (QED) is 0.670. The topological polar surface area (TPSA) is 68.4 Å². The molecule has 1 heterocycles. The summed E-state index contributed by atoms with van der Waals surface area (Å²) in [5.74, 6) is 0.531. The first-order valence-corrected chi connectivity index (χ1v) is 3.66. The van der Waals surface area contributed by atoms with Gasteiger partial charge in [0, 0.05) is 24.4 Å². The van der Waals surface area contributed by atoms with Gasteiger partial charge in [-0.15, -0.1) is 0 Å². The Morgan fingerprint density at radius 3 is 2.83 bits per heavy atom. The zero-order valence-corrected chi connectivity index (χ0v) is 6.90. The predicted molar refractivity (Wildman–Crippen MR) is 44.8 cm³/mol. The van der Waals surface area contributed by atoms with E-state index in [1.54, 1.807) is 25.4 Å². The number of aliphatic hydroxyl groups is 1. The smallest absolute Gasteiger partial charge is 0.212 e. The molecule has 66 valence electrons. The Balaban J connectivity index is 2.77. The largest absolute Gasteiger partial charge is 0.481 e. The van der Waals surface area contributed by atoms with Crippen molar-refractivity contribution in [3.05, 3.63) is 23.9 Å². The fraction of sp³-hybridized carbons (Fsp3) is 0.375. The molecule has 1 aromatic heterocycles. The van der Waals surface area contributed by atoms with Crippen LogP contribution >= 0.6 is 0 Å². The molecule has 1 unspecified atom stereocenters. The Kier molecular flexibility index (Phi) is 3.01. The number of nitrogens with two attached hydrogens (primary N) is 1. The normalized spacial score (nSPS) is 12.6. The molecule has 0 saturated carbocycles. The number of hydrogen-bond acceptors (Lipinski definition) is 4. The van der Waals surface area contributed by atoms with Crippen molar-refractivity contribution < 1.29 is 9.84 Å². The lowest BCUT2D eigenvalue weighted by atomic mass is 10.2. The Hall–Kier alpha value is -1.13. The monoisotopic (exact) mass is 168 g/mol. The zero-order valence-electron chi connectivity index (χ0n) is 6.90. The second kappa shape index (κ2) is 4.04. The Morgan fingerprint density at radius 2 is 2.42 bits per heavy atom. The fourth-order valence-electron chi connectivity index (χ4n) is 0.846. The van der Waals surface area contributed by atoms with Gasteiger partial charge in [-0.05, 0) is 6.07 Å². The van der Waals surface area contributed by atoms with Crippen LogP contribution in [0.3, 0.4) is 0 Å². The molecule has 0 aliphatic carbocycles. The molecular weight excluding hydrogens is 156 g/mol. The number of aliphatic hydroxyl groups excluding tert-OH is 1. The second-order valence-electron chi connectivity index (χ2n) is 2.39. The van der Waals surface area contributed by atoms with Gasteiger partial charge < -0.3 is 15.6 Å².